The number of nitrogens with zero attached hydrogens (tertiary/aromatic N) is 2. The largest absolute Gasteiger partial charge is 0.297 e. The molecule has 0 saturated heterocycles. The summed E-state index contributed by atoms with van der Waals surface area (Å²) in [6, 6.07) is 21.8. The highest BCUT2D eigenvalue weighted by molar-refractivity contribution is 7.89. The standard InChI is InChI=1S/C24H20N4O4S2/c1-16(29)18-11-13-21(14-12-18)34(31,32)25-15-17-7-9-20(10-8-17)23(30)27-24-26-22(28-33-24)19-5-3-2-4-6-19/h2-14,25H,15H2,1H3,(H,26,27,28,30). The molecule has 3 aromatic carbocycles. The molecule has 0 radical (unpaired) electrons. The van der Waals surface area contributed by atoms with Crippen molar-refractivity contribution in [3.8, 4) is 11.4 Å². The van der Waals surface area contributed by atoms with Crippen LogP contribution in [0.4, 0.5) is 5.13 Å². The van der Waals surface area contributed by atoms with Crippen LogP contribution in [0.3, 0.4) is 0 Å². The number of nitrogens with one attached hydrogen (secondary N) is 2. The van der Waals surface area contributed by atoms with Gasteiger partial charge in [0, 0.05) is 34.8 Å². The van der Waals surface area contributed by atoms with Crippen molar-refractivity contribution in [3.05, 3.63) is 95.6 Å². The van der Waals surface area contributed by atoms with Gasteiger partial charge in [0.25, 0.3) is 5.91 Å². The van der Waals surface area contributed by atoms with Crippen LogP contribution < -0.4 is 10.0 Å². The van der Waals surface area contributed by atoms with E-state index in [1.54, 1.807) is 24.3 Å². The average molecular weight is 493 g/mol. The van der Waals surface area contributed by atoms with Crippen molar-refractivity contribution in [2.75, 3.05) is 5.32 Å². The normalized spacial score (nSPS) is 11.2. The molecule has 10 heteroatoms. The number of sulfonamides is 1. The van der Waals surface area contributed by atoms with Crippen LogP contribution in [-0.2, 0) is 16.6 Å². The smallest absolute Gasteiger partial charge is 0.257 e. The maximum atomic E-state index is 12.5. The van der Waals surface area contributed by atoms with Crippen LogP contribution in [0.15, 0.2) is 83.8 Å². The van der Waals surface area contributed by atoms with Crippen LogP contribution in [0.25, 0.3) is 11.4 Å². The molecular weight excluding hydrogens is 472 g/mol. The third-order valence-electron chi connectivity index (χ3n) is 4.93. The lowest BCUT2D eigenvalue weighted by Gasteiger charge is -2.08. The molecule has 1 aromatic heterocycles. The number of anilines is 1. The summed E-state index contributed by atoms with van der Waals surface area (Å²) in [6.45, 7) is 1.47. The number of hydrogen-bond acceptors (Lipinski definition) is 7. The van der Waals surface area contributed by atoms with Crippen LogP contribution in [0.5, 0.6) is 0 Å². The Morgan fingerprint density at radius 3 is 2.18 bits per heavy atom. The summed E-state index contributed by atoms with van der Waals surface area (Å²) < 4.78 is 31.8. The van der Waals surface area contributed by atoms with E-state index < -0.39 is 10.0 Å². The number of carbonyl (C=O) groups is 2. The molecule has 0 aliphatic carbocycles. The summed E-state index contributed by atoms with van der Waals surface area (Å²) in [5, 5.41) is 3.11. The number of amides is 1. The predicted molar refractivity (Wildman–Crippen MR) is 130 cm³/mol. The predicted octanol–water partition coefficient (Wildman–Crippen LogP) is 4.14. The van der Waals surface area contributed by atoms with Gasteiger partial charge in [-0.15, -0.1) is 0 Å². The third-order valence-corrected chi connectivity index (χ3v) is 6.98. The maximum Gasteiger partial charge on any atom is 0.257 e. The van der Waals surface area contributed by atoms with Gasteiger partial charge in [0.2, 0.25) is 15.2 Å². The Hall–Kier alpha value is -3.73. The first-order chi connectivity index (χ1) is 16.3. The van der Waals surface area contributed by atoms with Crippen molar-refractivity contribution in [1.29, 1.82) is 0 Å². The molecule has 0 aliphatic heterocycles. The van der Waals surface area contributed by atoms with E-state index in [0.717, 1.165) is 17.1 Å². The molecule has 4 rings (SSSR count). The van der Waals surface area contributed by atoms with E-state index in [1.165, 1.54) is 31.2 Å². The molecule has 0 aliphatic rings. The molecule has 0 spiro atoms. The van der Waals surface area contributed by atoms with Crippen molar-refractivity contribution < 1.29 is 18.0 Å². The monoisotopic (exact) mass is 492 g/mol. The van der Waals surface area contributed by atoms with E-state index in [-0.39, 0.29) is 23.1 Å². The summed E-state index contributed by atoms with van der Waals surface area (Å²) in [5.74, 6) is 0.0664. The van der Waals surface area contributed by atoms with Gasteiger partial charge in [-0.3, -0.25) is 14.9 Å². The van der Waals surface area contributed by atoms with E-state index in [2.05, 4.69) is 19.4 Å². The molecule has 0 fully saturated rings. The van der Waals surface area contributed by atoms with Gasteiger partial charge in [0.05, 0.1) is 4.90 Å². The molecule has 34 heavy (non-hydrogen) atoms. The summed E-state index contributed by atoms with van der Waals surface area (Å²) in [5.41, 5.74) is 2.39. The quantitative estimate of drug-likeness (QED) is 0.357. The highest BCUT2D eigenvalue weighted by Crippen LogP contribution is 2.21. The number of aromatic nitrogens is 2. The average Bonchev–Trinajstić information content (AvgIpc) is 3.32. The lowest BCUT2D eigenvalue weighted by Crippen LogP contribution is -2.23. The molecule has 1 heterocycles. The first-order valence-electron chi connectivity index (χ1n) is 10.2. The third kappa shape index (κ3) is 5.60. The van der Waals surface area contributed by atoms with E-state index in [4.69, 9.17) is 0 Å². The van der Waals surface area contributed by atoms with Crippen molar-refractivity contribution in [2.24, 2.45) is 0 Å². The van der Waals surface area contributed by atoms with E-state index in [1.807, 2.05) is 30.3 Å². The van der Waals surface area contributed by atoms with Gasteiger partial charge < -0.3 is 0 Å². The number of carbonyl (C=O) groups excluding carboxylic acids is 2. The molecule has 172 valence electrons. The van der Waals surface area contributed by atoms with Crippen molar-refractivity contribution in [2.45, 2.75) is 18.4 Å². The first-order valence-corrected chi connectivity index (χ1v) is 12.5. The highest BCUT2D eigenvalue weighted by atomic mass is 32.2. The van der Waals surface area contributed by atoms with Gasteiger partial charge in [-0.2, -0.15) is 9.36 Å². The molecule has 0 bridgehead atoms. The number of benzene rings is 3. The van der Waals surface area contributed by atoms with Crippen molar-refractivity contribution in [3.63, 3.8) is 0 Å². The maximum absolute atomic E-state index is 12.5. The van der Waals surface area contributed by atoms with Crippen LogP contribution in [0.1, 0.15) is 33.2 Å². The van der Waals surface area contributed by atoms with E-state index >= 15 is 0 Å². The number of ketones is 1. The molecule has 0 atom stereocenters. The Morgan fingerprint density at radius 2 is 1.53 bits per heavy atom. The fraction of sp³-hybridized carbons (Fsp3) is 0.0833. The second-order valence-electron chi connectivity index (χ2n) is 7.35. The Morgan fingerprint density at radius 1 is 0.882 bits per heavy atom. The molecule has 2 N–H and O–H groups in total. The second-order valence-corrected chi connectivity index (χ2v) is 9.86. The minimum absolute atomic E-state index is 0.0511. The van der Waals surface area contributed by atoms with Gasteiger partial charge in [0.15, 0.2) is 11.6 Å². The minimum Gasteiger partial charge on any atom is -0.297 e. The van der Waals surface area contributed by atoms with Gasteiger partial charge in [-0.1, -0.05) is 54.6 Å². The van der Waals surface area contributed by atoms with Crippen LogP contribution in [0, 0.1) is 0 Å². The van der Waals surface area contributed by atoms with Crippen molar-refractivity contribution in [1.82, 2.24) is 14.1 Å². The summed E-state index contributed by atoms with van der Waals surface area (Å²) >= 11 is 1.09. The van der Waals surface area contributed by atoms with E-state index in [9.17, 15) is 18.0 Å². The molecule has 8 nitrogen and oxygen atoms in total. The lowest BCUT2D eigenvalue weighted by atomic mass is 10.1. The molecule has 0 saturated carbocycles. The Labute approximate surface area is 200 Å². The Bertz CT molecular complexity index is 1420. The van der Waals surface area contributed by atoms with Gasteiger partial charge in [-0.25, -0.2) is 13.1 Å². The molecular formula is C24H20N4O4S2. The first kappa shape index (κ1) is 23.4. The zero-order chi connectivity index (χ0) is 24.1. The van der Waals surface area contributed by atoms with Gasteiger partial charge in [0.1, 0.15) is 0 Å². The lowest BCUT2D eigenvalue weighted by molar-refractivity contribution is 0.101. The summed E-state index contributed by atoms with van der Waals surface area (Å²) in [6.07, 6.45) is 0. The zero-order valence-electron chi connectivity index (χ0n) is 18.1. The minimum atomic E-state index is -3.74. The second kappa shape index (κ2) is 10.0. The number of hydrogen-bond donors (Lipinski definition) is 2. The molecule has 0 unspecified atom stereocenters. The van der Waals surface area contributed by atoms with Gasteiger partial charge >= 0.3 is 0 Å². The van der Waals surface area contributed by atoms with Gasteiger partial charge in [-0.05, 0) is 36.8 Å². The van der Waals surface area contributed by atoms with Crippen LogP contribution >= 0.6 is 11.5 Å². The SMILES string of the molecule is CC(=O)c1ccc(S(=O)(=O)NCc2ccc(C(=O)Nc3nc(-c4ccccc4)ns3)cc2)cc1. The van der Waals surface area contributed by atoms with Crippen LogP contribution in [0.2, 0.25) is 0 Å². The zero-order valence-corrected chi connectivity index (χ0v) is 19.7. The Kier molecular flexibility index (Phi) is 6.92. The number of Topliss-reactive ketones (excluding diaryl/α,β-unsaturated/α-hetero) is 1. The van der Waals surface area contributed by atoms with Crippen molar-refractivity contribution >= 4 is 38.4 Å². The summed E-state index contributed by atoms with van der Waals surface area (Å²) in [4.78, 5) is 28.3. The fourth-order valence-electron chi connectivity index (χ4n) is 3.05. The molecule has 4 aromatic rings. The number of rotatable bonds is 8. The fourth-order valence-corrected chi connectivity index (χ4v) is 4.66. The van der Waals surface area contributed by atoms with Crippen LogP contribution in [-0.4, -0.2) is 29.5 Å². The molecule has 1 amide bonds. The Balaban J connectivity index is 1.36. The topological polar surface area (TPSA) is 118 Å². The summed E-state index contributed by atoms with van der Waals surface area (Å²) in [7, 11) is -3.74. The van der Waals surface area contributed by atoms with E-state index in [0.29, 0.717) is 27.6 Å². The highest BCUT2D eigenvalue weighted by Gasteiger charge is 2.15.